The highest BCUT2D eigenvalue weighted by molar-refractivity contribution is 7.80. The summed E-state index contributed by atoms with van der Waals surface area (Å²) in [6.07, 6.45) is 0.897. The molecule has 0 unspecified atom stereocenters. The number of nitrogens with two attached hydrogens (primary N) is 2. The number of rotatable bonds is 39. The number of carboxylic acids is 2. The molecule has 3 aromatic carbocycles. The van der Waals surface area contributed by atoms with E-state index >= 15 is 0 Å². The van der Waals surface area contributed by atoms with E-state index < -0.39 is 169 Å². The van der Waals surface area contributed by atoms with Crippen molar-refractivity contribution in [1.29, 1.82) is 0 Å². The van der Waals surface area contributed by atoms with E-state index in [-0.39, 0.29) is 44.3 Å². The van der Waals surface area contributed by atoms with Gasteiger partial charge in [0, 0.05) is 56.2 Å². The Morgan fingerprint density at radius 2 is 0.844 bits per heavy atom. The average Bonchev–Trinajstić information content (AvgIpc) is 2.59. The minimum Gasteiger partial charge on any atom is -0.481 e. The molecule has 0 spiro atoms. The number of thiol groups is 1. The van der Waals surface area contributed by atoms with Gasteiger partial charge in [0.1, 0.15) is 60.4 Å². The second-order valence-corrected chi connectivity index (χ2v) is 22.1. The van der Waals surface area contributed by atoms with Crippen molar-refractivity contribution in [3.63, 3.8) is 0 Å². The predicted molar refractivity (Wildman–Crippen MR) is 331 cm³/mol. The number of aliphatic hydroxyl groups is 1. The molecule has 488 valence electrons. The molecule has 1 aromatic heterocycles. The summed E-state index contributed by atoms with van der Waals surface area (Å²) in [7, 11) is 0. The van der Waals surface area contributed by atoms with E-state index in [1.165, 1.54) is 12.5 Å². The summed E-state index contributed by atoms with van der Waals surface area (Å²) in [6, 6.07) is 10.8. The van der Waals surface area contributed by atoms with Crippen LogP contribution in [0.2, 0.25) is 0 Å². The molecule has 12 atom stereocenters. The number of nitrogens with zero attached hydrogens (tertiary/aromatic N) is 1. The first-order valence-electron chi connectivity index (χ1n) is 29.4. The average molecular weight is 1270 g/mol. The van der Waals surface area contributed by atoms with E-state index in [2.05, 4.69) is 70.4 Å². The third kappa shape index (κ3) is 24.4. The molecule has 0 aliphatic heterocycles. The summed E-state index contributed by atoms with van der Waals surface area (Å²) in [5, 5.41) is 52.1. The highest BCUT2D eigenvalue weighted by Gasteiger charge is 2.38. The standard InChI is InChI=1S/C61H83N13O15S/c1-5-34(3)50(59(86)67-41(22-24-48(63)76)54(81)73-51(35(4)6-2)60(87)70-45(29-39-30-64-33-65-39)57(84)71-46(61(88)89)28-38-20-14-9-15-21-38)74-58(85)47(32-90)72-56(83)44(27-37-18-12-8-13-19-37)69-55(82)43(26-36-16-10-7-11-17-36)68-53(80)42(23-25-49(77)78)66-52(79)40(62)31-75/h7-21,30,33-35,40-47,50-51,75,90H,5-6,22-29,31-32,62H2,1-4H3,(H2,63,76)(H,64,65)(H,66,79)(H,67,86)(H,68,80)(H,69,82)(H,70,87)(H,71,84)(H,72,83)(H,73,81)(H,74,85)(H,77,78)(H,88,89)/t34-,35-,40-,41-,42-,43-,44-,45-,46-,47-,50-,51-/m0/s1. The quantitative estimate of drug-likeness (QED) is 0.0229. The molecule has 28 nitrogen and oxygen atoms in total. The third-order valence-electron chi connectivity index (χ3n) is 14.9. The van der Waals surface area contributed by atoms with Crippen LogP contribution in [0.25, 0.3) is 0 Å². The Kier molecular flexibility index (Phi) is 30.6. The van der Waals surface area contributed by atoms with Gasteiger partial charge in [0.25, 0.3) is 0 Å². The van der Waals surface area contributed by atoms with Crippen molar-refractivity contribution in [3.8, 4) is 0 Å². The lowest BCUT2D eigenvalue weighted by atomic mass is 9.96. The van der Waals surface area contributed by atoms with Gasteiger partial charge in [-0.3, -0.25) is 52.7 Å². The molecule has 0 bridgehead atoms. The number of aromatic nitrogens is 2. The molecule has 0 aliphatic rings. The van der Waals surface area contributed by atoms with Crippen molar-refractivity contribution in [3.05, 3.63) is 126 Å². The molecule has 0 saturated heterocycles. The van der Waals surface area contributed by atoms with Gasteiger partial charge in [-0.1, -0.05) is 132 Å². The molecule has 1 heterocycles. The molecular weight excluding hydrogens is 1190 g/mol. The van der Waals surface area contributed by atoms with E-state index in [4.69, 9.17) is 11.5 Å². The van der Waals surface area contributed by atoms with Gasteiger partial charge < -0.3 is 79.6 Å². The van der Waals surface area contributed by atoms with Gasteiger partial charge in [0.05, 0.1) is 12.9 Å². The summed E-state index contributed by atoms with van der Waals surface area (Å²) in [4.78, 5) is 170. The number of aliphatic carboxylic acids is 2. The van der Waals surface area contributed by atoms with Crippen molar-refractivity contribution >= 4 is 83.6 Å². The number of carbonyl (C=O) groups excluding carboxylic acids is 10. The molecule has 4 aromatic rings. The van der Waals surface area contributed by atoms with Crippen LogP contribution in [0.15, 0.2) is 104 Å². The molecule has 0 fully saturated rings. The van der Waals surface area contributed by atoms with Gasteiger partial charge in [-0.05, 0) is 41.4 Å². The predicted octanol–water partition coefficient (Wildman–Crippen LogP) is -1.40. The van der Waals surface area contributed by atoms with Gasteiger partial charge in [0.15, 0.2) is 0 Å². The summed E-state index contributed by atoms with van der Waals surface area (Å²) in [6.45, 7) is 5.93. The Morgan fingerprint density at radius 1 is 0.489 bits per heavy atom. The number of aromatic amines is 1. The van der Waals surface area contributed by atoms with Gasteiger partial charge in [-0.2, -0.15) is 12.6 Å². The Bertz CT molecular complexity index is 3040. The van der Waals surface area contributed by atoms with Gasteiger partial charge in [0.2, 0.25) is 59.1 Å². The van der Waals surface area contributed by atoms with Crippen molar-refractivity contribution in [1.82, 2.24) is 57.8 Å². The smallest absolute Gasteiger partial charge is 0.326 e. The van der Waals surface area contributed by atoms with Crippen LogP contribution in [0.1, 0.15) is 88.6 Å². The van der Waals surface area contributed by atoms with E-state index in [1.807, 2.05) is 0 Å². The highest BCUT2D eigenvalue weighted by atomic mass is 32.1. The molecule has 10 amide bonds. The number of carbonyl (C=O) groups is 12. The first-order valence-corrected chi connectivity index (χ1v) is 30.0. The van der Waals surface area contributed by atoms with Gasteiger partial charge >= 0.3 is 11.9 Å². The number of carboxylic acid groups (broad SMARTS) is 2. The van der Waals surface area contributed by atoms with E-state index in [9.17, 15) is 72.9 Å². The van der Waals surface area contributed by atoms with E-state index in [1.54, 1.807) is 119 Å². The number of benzene rings is 3. The minimum atomic E-state index is -1.57. The van der Waals surface area contributed by atoms with Crippen LogP contribution in [-0.4, -0.2) is 169 Å². The second kappa shape index (κ2) is 37.6. The summed E-state index contributed by atoms with van der Waals surface area (Å²) < 4.78 is 0. The Labute approximate surface area is 526 Å². The normalized spacial score (nSPS) is 15.1. The SMILES string of the molecule is CC[C@H](C)[C@H](NC(=O)[C@H](CCC(N)=O)NC(=O)[C@@H](NC(=O)[C@H](CS)NC(=O)[C@H](Cc1ccccc1)NC(=O)[C@H](Cc1ccccc1)NC(=O)[C@H](CCC(=O)O)NC(=O)[C@@H](N)CO)[C@@H](C)CC)C(=O)N[C@@H](Cc1cnc[nH]1)C(=O)N[C@@H](Cc1ccccc1)C(=O)O. The number of H-pyrrole nitrogens is 1. The van der Waals surface area contributed by atoms with Crippen LogP contribution in [0.3, 0.4) is 0 Å². The van der Waals surface area contributed by atoms with Gasteiger partial charge in [-0.25, -0.2) is 9.78 Å². The Morgan fingerprint density at radius 3 is 1.23 bits per heavy atom. The fourth-order valence-corrected chi connectivity index (χ4v) is 9.42. The molecule has 29 heteroatoms. The van der Waals surface area contributed by atoms with Crippen LogP contribution in [0.4, 0.5) is 0 Å². The lowest BCUT2D eigenvalue weighted by Gasteiger charge is -2.30. The monoisotopic (exact) mass is 1270 g/mol. The van der Waals surface area contributed by atoms with Crippen molar-refractivity contribution in [2.45, 2.75) is 152 Å². The fraction of sp³-hybridized carbons (Fsp3) is 0.459. The number of aliphatic hydroxyl groups excluding tert-OH is 1. The Hall–Kier alpha value is -9.22. The maximum absolute atomic E-state index is 14.5. The lowest BCUT2D eigenvalue weighted by Crippen LogP contribution is -2.62. The molecule has 17 N–H and O–H groups in total. The maximum atomic E-state index is 14.5. The molecular formula is C61H83N13O15S. The van der Waals surface area contributed by atoms with Crippen LogP contribution >= 0.6 is 12.6 Å². The zero-order chi connectivity index (χ0) is 66.5. The first-order chi connectivity index (χ1) is 42.9. The van der Waals surface area contributed by atoms with E-state index in [0.717, 1.165) is 0 Å². The molecule has 0 saturated carbocycles. The molecule has 0 aliphatic carbocycles. The largest absolute Gasteiger partial charge is 0.481 e. The number of amides is 10. The number of imidazole rings is 1. The van der Waals surface area contributed by atoms with Crippen LogP contribution in [0.5, 0.6) is 0 Å². The van der Waals surface area contributed by atoms with Gasteiger partial charge in [-0.15, -0.1) is 0 Å². The Balaban J connectivity index is 1.58. The number of hydrogen-bond donors (Lipinski definition) is 16. The first kappa shape index (κ1) is 73.3. The molecule has 4 rings (SSSR count). The molecule has 90 heavy (non-hydrogen) atoms. The zero-order valence-corrected chi connectivity index (χ0v) is 51.4. The number of primary amides is 1. The van der Waals surface area contributed by atoms with Crippen molar-refractivity contribution in [2.24, 2.45) is 23.3 Å². The molecule has 0 radical (unpaired) electrons. The lowest BCUT2D eigenvalue weighted by molar-refractivity contribution is -0.142. The third-order valence-corrected chi connectivity index (χ3v) is 15.2. The van der Waals surface area contributed by atoms with Crippen LogP contribution in [-0.2, 0) is 83.2 Å². The topological polar surface area (TPSA) is 455 Å². The fourth-order valence-electron chi connectivity index (χ4n) is 9.17. The minimum absolute atomic E-state index is 0.0807. The highest BCUT2D eigenvalue weighted by Crippen LogP contribution is 2.15. The van der Waals surface area contributed by atoms with E-state index in [0.29, 0.717) is 28.8 Å². The zero-order valence-electron chi connectivity index (χ0n) is 50.5. The summed E-state index contributed by atoms with van der Waals surface area (Å²) in [5.74, 6) is -13.4. The van der Waals surface area contributed by atoms with Crippen molar-refractivity contribution < 1.29 is 72.9 Å². The number of nitrogens with one attached hydrogen (secondary N) is 10. The van der Waals surface area contributed by atoms with Crippen LogP contribution < -0.4 is 59.3 Å². The summed E-state index contributed by atoms with van der Waals surface area (Å²) in [5.41, 5.74) is 13.3. The second-order valence-electron chi connectivity index (χ2n) is 21.8. The number of hydrogen-bond acceptors (Lipinski definition) is 16. The maximum Gasteiger partial charge on any atom is 0.326 e. The van der Waals surface area contributed by atoms with Crippen molar-refractivity contribution in [2.75, 3.05) is 12.4 Å². The summed E-state index contributed by atoms with van der Waals surface area (Å²) >= 11 is 4.35. The van der Waals surface area contributed by atoms with Crippen LogP contribution in [0, 0.1) is 11.8 Å².